The Morgan fingerprint density at radius 3 is 2.70 bits per heavy atom. The van der Waals surface area contributed by atoms with Gasteiger partial charge in [-0.05, 0) is 65.1 Å². The van der Waals surface area contributed by atoms with Gasteiger partial charge in [0.15, 0.2) is 0 Å². The minimum Gasteiger partial charge on any atom is -0.468 e. The van der Waals surface area contributed by atoms with Gasteiger partial charge in [-0.3, -0.25) is 4.79 Å². The minimum atomic E-state index is -0.546. The Morgan fingerprint density at radius 1 is 1.45 bits per heavy atom. The fraction of sp³-hybridized carbons (Fsp3) is 0.938. The Labute approximate surface area is 124 Å². The molecule has 1 fully saturated rings. The Kier molecular flexibility index (Phi) is 6.96. The van der Waals surface area contributed by atoms with E-state index in [1.54, 1.807) is 0 Å². The number of nitrogens with zero attached hydrogens (tertiary/aromatic N) is 1. The van der Waals surface area contributed by atoms with Gasteiger partial charge in [0.05, 0.1) is 7.11 Å². The molecular weight excluding hydrogens is 252 g/mol. The molecule has 1 saturated heterocycles. The first kappa shape index (κ1) is 17.4. The zero-order valence-electron chi connectivity index (χ0n) is 13.9. The smallest absolute Gasteiger partial charge is 0.325 e. The maximum atomic E-state index is 11.9. The molecule has 0 aliphatic carbocycles. The van der Waals surface area contributed by atoms with Crippen LogP contribution in [0.4, 0.5) is 0 Å². The summed E-state index contributed by atoms with van der Waals surface area (Å²) >= 11 is 0. The molecule has 118 valence electrons. The van der Waals surface area contributed by atoms with Gasteiger partial charge in [0.25, 0.3) is 0 Å². The van der Waals surface area contributed by atoms with Crippen molar-refractivity contribution in [1.82, 2.24) is 10.2 Å². The van der Waals surface area contributed by atoms with Crippen LogP contribution < -0.4 is 5.32 Å². The van der Waals surface area contributed by atoms with Gasteiger partial charge in [-0.2, -0.15) is 0 Å². The third kappa shape index (κ3) is 4.74. The Morgan fingerprint density at radius 2 is 2.15 bits per heavy atom. The zero-order chi connectivity index (χ0) is 15.2. The standard InChI is InChI=1S/C16H32N2O2/c1-6-17-16(4,15(19)20-5)9-7-10-18-11-8-13(2)12-14(18)3/h13-14,17H,6-12H2,1-5H3. The molecule has 1 heterocycles. The second kappa shape index (κ2) is 7.99. The molecule has 1 rings (SSSR count). The van der Waals surface area contributed by atoms with E-state index in [2.05, 4.69) is 24.1 Å². The van der Waals surface area contributed by atoms with Gasteiger partial charge >= 0.3 is 5.97 Å². The van der Waals surface area contributed by atoms with Crippen molar-refractivity contribution in [3.63, 3.8) is 0 Å². The number of piperidine rings is 1. The normalized spacial score (nSPS) is 27.1. The molecule has 3 unspecified atom stereocenters. The van der Waals surface area contributed by atoms with Crippen molar-refractivity contribution < 1.29 is 9.53 Å². The van der Waals surface area contributed by atoms with E-state index in [1.807, 2.05) is 13.8 Å². The Hall–Kier alpha value is -0.610. The van der Waals surface area contributed by atoms with Crippen LogP contribution in [0.2, 0.25) is 0 Å². The minimum absolute atomic E-state index is 0.153. The van der Waals surface area contributed by atoms with Crippen LogP contribution >= 0.6 is 0 Å². The summed E-state index contributed by atoms with van der Waals surface area (Å²) < 4.78 is 4.93. The first-order valence-corrected chi connectivity index (χ1v) is 8.00. The zero-order valence-corrected chi connectivity index (χ0v) is 13.9. The molecule has 0 aromatic heterocycles. The van der Waals surface area contributed by atoms with Crippen molar-refractivity contribution in [2.75, 3.05) is 26.7 Å². The topological polar surface area (TPSA) is 41.6 Å². The number of hydrogen-bond donors (Lipinski definition) is 1. The van der Waals surface area contributed by atoms with E-state index in [9.17, 15) is 4.79 Å². The van der Waals surface area contributed by atoms with E-state index in [0.717, 1.165) is 31.8 Å². The largest absolute Gasteiger partial charge is 0.468 e. The number of hydrogen-bond acceptors (Lipinski definition) is 4. The molecule has 0 radical (unpaired) electrons. The third-order valence-corrected chi connectivity index (χ3v) is 4.60. The second-order valence-electron chi connectivity index (χ2n) is 6.47. The predicted octanol–water partition coefficient (Wildman–Crippen LogP) is 2.43. The summed E-state index contributed by atoms with van der Waals surface area (Å²) in [5, 5.41) is 3.27. The number of nitrogens with one attached hydrogen (secondary N) is 1. The molecule has 4 nitrogen and oxygen atoms in total. The van der Waals surface area contributed by atoms with Crippen LogP contribution in [0.15, 0.2) is 0 Å². The van der Waals surface area contributed by atoms with E-state index < -0.39 is 5.54 Å². The Balaban J connectivity index is 2.42. The fourth-order valence-corrected chi connectivity index (χ4v) is 3.30. The first-order chi connectivity index (χ1) is 9.42. The molecule has 0 bridgehead atoms. The highest BCUT2D eigenvalue weighted by molar-refractivity contribution is 5.80. The summed E-state index contributed by atoms with van der Waals surface area (Å²) in [7, 11) is 1.46. The van der Waals surface area contributed by atoms with Gasteiger partial charge in [-0.15, -0.1) is 0 Å². The van der Waals surface area contributed by atoms with Crippen LogP contribution in [0.5, 0.6) is 0 Å². The number of esters is 1. The van der Waals surface area contributed by atoms with Crippen LogP contribution in [0, 0.1) is 5.92 Å². The number of ether oxygens (including phenoxy) is 1. The molecule has 0 amide bonds. The van der Waals surface area contributed by atoms with Gasteiger partial charge in [0.2, 0.25) is 0 Å². The highest BCUT2D eigenvalue weighted by Crippen LogP contribution is 2.23. The van der Waals surface area contributed by atoms with E-state index in [1.165, 1.54) is 26.5 Å². The number of likely N-dealkylation sites (N-methyl/N-ethyl adjacent to an activating group) is 1. The number of carbonyl (C=O) groups excluding carboxylic acids is 1. The van der Waals surface area contributed by atoms with Crippen LogP contribution in [0.25, 0.3) is 0 Å². The lowest BCUT2D eigenvalue weighted by atomic mass is 9.92. The molecule has 0 saturated carbocycles. The highest BCUT2D eigenvalue weighted by Gasteiger charge is 2.33. The number of methoxy groups -OCH3 is 1. The lowest BCUT2D eigenvalue weighted by molar-refractivity contribution is -0.148. The van der Waals surface area contributed by atoms with Crippen LogP contribution in [0.1, 0.15) is 53.4 Å². The summed E-state index contributed by atoms with van der Waals surface area (Å²) in [6.07, 6.45) is 4.44. The number of carbonyl (C=O) groups is 1. The van der Waals surface area contributed by atoms with Gasteiger partial charge in [0, 0.05) is 6.04 Å². The average molecular weight is 284 g/mol. The van der Waals surface area contributed by atoms with Crippen molar-refractivity contribution in [2.45, 2.75) is 65.0 Å². The van der Waals surface area contributed by atoms with Crippen molar-refractivity contribution in [3.05, 3.63) is 0 Å². The highest BCUT2D eigenvalue weighted by atomic mass is 16.5. The molecule has 4 heteroatoms. The van der Waals surface area contributed by atoms with Crippen molar-refractivity contribution in [2.24, 2.45) is 5.92 Å². The van der Waals surface area contributed by atoms with E-state index in [-0.39, 0.29) is 5.97 Å². The predicted molar refractivity (Wildman–Crippen MR) is 82.8 cm³/mol. The number of rotatable bonds is 7. The molecule has 0 aromatic carbocycles. The maximum Gasteiger partial charge on any atom is 0.325 e. The Bertz CT molecular complexity index is 309. The van der Waals surface area contributed by atoms with Crippen LogP contribution in [-0.2, 0) is 9.53 Å². The van der Waals surface area contributed by atoms with Gasteiger partial charge < -0.3 is 15.0 Å². The quantitative estimate of drug-likeness (QED) is 0.729. The lowest BCUT2D eigenvalue weighted by Crippen LogP contribution is -2.50. The first-order valence-electron chi connectivity index (χ1n) is 8.00. The molecule has 1 aliphatic heterocycles. The van der Waals surface area contributed by atoms with Crippen LogP contribution in [0.3, 0.4) is 0 Å². The molecule has 20 heavy (non-hydrogen) atoms. The summed E-state index contributed by atoms with van der Waals surface area (Å²) in [5.41, 5.74) is -0.546. The summed E-state index contributed by atoms with van der Waals surface area (Å²) in [6, 6.07) is 0.669. The van der Waals surface area contributed by atoms with Crippen molar-refractivity contribution >= 4 is 5.97 Å². The van der Waals surface area contributed by atoms with E-state index >= 15 is 0 Å². The molecular formula is C16H32N2O2. The van der Waals surface area contributed by atoms with E-state index in [4.69, 9.17) is 4.74 Å². The molecule has 1 N–H and O–H groups in total. The van der Waals surface area contributed by atoms with E-state index in [0.29, 0.717) is 6.04 Å². The summed E-state index contributed by atoms with van der Waals surface area (Å²) in [4.78, 5) is 14.5. The maximum absolute atomic E-state index is 11.9. The van der Waals surface area contributed by atoms with Crippen LogP contribution in [-0.4, -0.2) is 49.2 Å². The molecule has 3 atom stereocenters. The van der Waals surface area contributed by atoms with Gasteiger partial charge in [0.1, 0.15) is 5.54 Å². The molecule has 1 aliphatic rings. The number of likely N-dealkylation sites (tertiary alicyclic amines) is 1. The molecule has 0 spiro atoms. The van der Waals surface area contributed by atoms with Crippen molar-refractivity contribution in [3.8, 4) is 0 Å². The average Bonchev–Trinajstić information content (AvgIpc) is 2.40. The fourth-order valence-electron chi connectivity index (χ4n) is 3.30. The monoisotopic (exact) mass is 284 g/mol. The summed E-state index contributed by atoms with van der Waals surface area (Å²) in [6.45, 7) is 11.7. The molecule has 0 aromatic rings. The summed E-state index contributed by atoms with van der Waals surface area (Å²) in [5.74, 6) is 0.697. The SMILES string of the molecule is CCNC(C)(CCCN1CCC(C)CC1C)C(=O)OC. The second-order valence-corrected chi connectivity index (χ2v) is 6.47. The van der Waals surface area contributed by atoms with Gasteiger partial charge in [-0.1, -0.05) is 13.8 Å². The lowest BCUT2D eigenvalue weighted by Gasteiger charge is -2.37. The third-order valence-electron chi connectivity index (χ3n) is 4.60. The van der Waals surface area contributed by atoms with Gasteiger partial charge in [-0.25, -0.2) is 0 Å². The van der Waals surface area contributed by atoms with Crippen molar-refractivity contribution in [1.29, 1.82) is 0 Å².